The molecule has 0 bridgehead atoms. The molecule has 0 radical (unpaired) electrons. The molecule has 1 fully saturated rings. The molecule has 0 aliphatic carbocycles. The molecular formula is C11H13Br2N. The molecule has 1 aliphatic heterocycles. The van der Waals surface area contributed by atoms with E-state index in [1.54, 1.807) is 0 Å². The number of hydrogen-bond donors (Lipinski definition) is 1. The Labute approximate surface area is 102 Å². The van der Waals surface area contributed by atoms with Crippen LogP contribution < -0.4 is 5.32 Å². The zero-order valence-corrected chi connectivity index (χ0v) is 11.1. The van der Waals surface area contributed by atoms with Gasteiger partial charge in [0.1, 0.15) is 0 Å². The van der Waals surface area contributed by atoms with Crippen molar-refractivity contribution in [2.45, 2.75) is 18.8 Å². The van der Waals surface area contributed by atoms with Gasteiger partial charge in [0.15, 0.2) is 0 Å². The number of hydrogen-bond acceptors (Lipinski definition) is 1. The summed E-state index contributed by atoms with van der Waals surface area (Å²) in [6.07, 6.45) is 2.60. The van der Waals surface area contributed by atoms with Gasteiger partial charge in [-0.05, 0) is 74.9 Å². The van der Waals surface area contributed by atoms with Crippen LogP contribution in [0.3, 0.4) is 0 Å². The lowest BCUT2D eigenvalue weighted by Crippen LogP contribution is -2.28. The molecule has 76 valence electrons. The topological polar surface area (TPSA) is 12.0 Å². The monoisotopic (exact) mass is 317 g/mol. The molecule has 1 atom stereocenters. The highest BCUT2D eigenvalue weighted by molar-refractivity contribution is 9.13. The van der Waals surface area contributed by atoms with Gasteiger partial charge in [0.2, 0.25) is 0 Å². The van der Waals surface area contributed by atoms with Crippen molar-refractivity contribution in [1.82, 2.24) is 5.32 Å². The predicted molar refractivity (Wildman–Crippen MR) is 66.7 cm³/mol. The minimum absolute atomic E-state index is 0.688. The van der Waals surface area contributed by atoms with Gasteiger partial charge in [-0.15, -0.1) is 0 Å². The Morgan fingerprint density at radius 1 is 1.21 bits per heavy atom. The van der Waals surface area contributed by atoms with E-state index >= 15 is 0 Å². The molecule has 0 aromatic heterocycles. The van der Waals surface area contributed by atoms with Crippen molar-refractivity contribution in [3.05, 3.63) is 32.7 Å². The summed E-state index contributed by atoms with van der Waals surface area (Å²) < 4.78 is 2.28. The molecule has 1 unspecified atom stereocenters. The Morgan fingerprint density at radius 3 is 2.71 bits per heavy atom. The van der Waals surface area contributed by atoms with Crippen molar-refractivity contribution in [2.75, 3.05) is 13.1 Å². The average molecular weight is 319 g/mol. The lowest BCUT2D eigenvalue weighted by molar-refractivity contribution is 0.461. The van der Waals surface area contributed by atoms with Crippen molar-refractivity contribution >= 4 is 31.9 Å². The van der Waals surface area contributed by atoms with Crippen LogP contribution in [0.25, 0.3) is 0 Å². The number of halogens is 2. The number of piperidine rings is 1. The summed E-state index contributed by atoms with van der Waals surface area (Å²) in [4.78, 5) is 0. The second kappa shape index (κ2) is 4.77. The highest BCUT2D eigenvalue weighted by Crippen LogP contribution is 2.29. The van der Waals surface area contributed by atoms with E-state index in [1.165, 1.54) is 24.9 Å². The van der Waals surface area contributed by atoms with Gasteiger partial charge in [0.25, 0.3) is 0 Å². The highest BCUT2D eigenvalue weighted by atomic mass is 79.9. The normalized spacial score (nSPS) is 22.3. The van der Waals surface area contributed by atoms with Crippen LogP contribution in [-0.2, 0) is 0 Å². The van der Waals surface area contributed by atoms with Crippen LogP contribution in [0, 0.1) is 0 Å². The van der Waals surface area contributed by atoms with E-state index in [9.17, 15) is 0 Å². The summed E-state index contributed by atoms with van der Waals surface area (Å²) in [7, 11) is 0. The first-order valence-electron chi connectivity index (χ1n) is 4.93. The van der Waals surface area contributed by atoms with Crippen molar-refractivity contribution in [2.24, 2.45) is 0 Å². The maximum absolute atomic E-state index is 3.55. The van der Waals surface area contributed by atoms with E-state index < -0.39 is 0 Å². The molecule has 1 aromatic carbocycles. The fraction of sp³-hybridized carbons (Fsp3) is 0.455. The van der Waals surface area contributed by atoms with Crippen LogP contribution in [-0.4, -0.2) is 13.1 Å². The Kier molecular flexibility index (Phi) is 3.63. The zero-order chi connectivity index (χ0) is 9.97. The third-order valence-corrected chi connectivity index (χ3v) is 4.59. The second-order valence-corrected chi connectivity index (χ2v) is 5.43. The quantitative estimate of drug-likeness (QED) is 0.833. The summed E-state index contributed by atoms with van der Waals surface area (Å²) in [5, 5.41) is 3.44. The van der Waals surface area contributed by atoms with Crippen LogP contribution in [0.4, 0.5) is 0 Å². The van der Waals surface area contributed by atoms with Crippen LogP contribution in [0.1, 0.15) is 24.3 Å². The molecule has 3 heteroatoms. The van der Waals surface area contributed by atoms with Crippen molar-refractivity contribution in [1.29, 1.82) is 0 Å². The summed E-state index contributed by atoms with van der Waals surface area (Å²) in [6, 6.07) is 6.56. The zero-order valence-electron chi connectivity index (χ0n) is 7.89. The van der Waals surface area contributed by atoms with Gasteiger partial charge < -0.3 is 5.32 Å². The third-order valence-electron chi connectivity index (χ3n) is 2.71. The maximum Gasteiger partial charge on any atom is 0.0320 e. The summed E-state index contributed by atoms with van der Waals surface area (Å²) in [5.74, 6) is 0.688. The summed E-state index contributed by atoms with van der Waals surface area (Å²) in [6.45, 7) is 2.29. The minimum Gasteiger partial charge on any atom is -0.316 e. The first-order valence-corrected chi connectivity index (χ1v) is 6.51. The highest BCUT2D eigenvalue weighted by Gasteiger charge is 2.15. The molecule has 1 saturated heterocycles. The Balaban J connectivity index is 2.18. The third kappa shape index (κ3) is 2.38. The van der Waals surface area contributed by atoms with Crippen molar-refractivity contribution < 1.29 is 0 Å². The van der Waals surface area contributed by atoms with Crippen LogP contribution in [0.5, 0.6) is 0 Å². The molecule has 0 amide bonds. The Bertz CT molecular complexity index is 319. The SMILES string of the molecule is Brc1ccc(C2CCCNC2)cc1Br. The number of rotatable bonds is 1. The second-order valence-electron chi connectivity index (χ2n) is 3.72. The van der Waals surface area contributed by atoms with E-state index in [-0.39, 0.29) is 0 Å². The summed E-state index contributed by atoms with van der Waals surface area (Å²) >= 11 is 7.04. The molecule has 1 N–H and O–H groups in total. The van der Waals surface area contributed by atoms with E-state index in [4.69, 9.17) is 0 Å². The number of nitrogens with one attached hydrogen (secondary N) is 1. The largest absolute Gasteiger partial charge is 0.316 e. The van der Waals surface area contributed by atoms with Gasteiger partial charge in [0, 0.05) is 15.5 Å². The van der Waals surface area contributed by atoms with Gasteiger partial charge in [0.05, 0.1) is 0 Å². The maximum atomic E-state index is 3.55. The predicted octanol–water partition coefficient (Wildman–Crippen LogP) is 3.68. The molecule has 0 spiro atoms. The fourth-order valence-electron chi connectivity index (χ4n) is 1.90. The first kappa shape index (κ1) is 10.7. The van der Waals surface area contributed by atoms with Gasteiger partial charge in [-0.2, -0.15) is 0 Å². The van der Waals surface area contributed by atoms with Crippen molar-refractivity contribution in [3.63, 3.8) is 0 Å². The Morgan fingerprint density at radius 2 is 2.07 bits per heavy atom. The molecule has 0 saturated carbocycles. The first-order chi connectivity index (χ1) is 6.77. The van der Waals surface area contributed by atoms with E-state index in [0.29, 0.717) is 5.92 Å². The van der Waals surface area contributed by atoms with Gasteiger partial charge >= 0.3 is 0 Å². The lowest BCUT2D eigenvalue weighted by Gasteiger charge is -2.23. The molecule has 1 nitrogen and oxygen atoms in total. The average Bonchev–Trinajstić information content (AvgIpc) is 2.23. The molecule has 14 heavy (non-hydrogen) atoms. The smallest absolute Gasteiger partial charge is 0.0320 e. The summed E-state index contributed by atoms with van der Waals surface area (Å²) in [5.41, 5.74) is 1.44. The standard InChI is InChI=1S/C11H13Br2N/c12-10-4-3-8(6-11(10)13)9-2-1-5-14-7-9/h3-4,6,9,14H,1-2,5,7H2. The van der Waals surface area contributed by atoms with Gasteiger partial charge in [-0.1, -0.05) is 6.07 Å². The lowest BCUT2D eigenvalue weighted by atomic mass is 9.92. The number of benzene rings is 1. The molecule has 2 rings (SSSR count). The fourth-order valence-corrected chi connectivity index (χ4v) is 2.55. The van der Waals surface area contributed by atoms with Gasteiger partial charge in [-0.3, -0.25) is 0 Å². The molecule has 1 aliphatic rings. The van der Waals surface area contributed by atoms with Gasteiger partial charge in [-0.25, -0.2) is 0 Å². The Hall–Kier alpha value is 0.140. The van der Waals surface area contributed by atoms with Crippen LogP contribution in [0.2, 0.25) is 0 Å². The molecule has 1 aromatic rings. The van der Waals surface area contributed by atoms with E-state index in [1.807, 2.05) is 0 Å². The van der Waals surface area contributed by atoms with E-state index in [2.05, 4.69) is 55.4 Å². The van der Waals surface area contributed by atoms with Crippen molar-refractivity contribution in [3.8, 4) is 0 Å². The molecule has 1 heterocycles. The minimum atomic E-state index is 0.688. The molecular weight excluding hydrogens is 306 g/mol. The van der Waals surface area contributed by atoms with E-state index in [0.717, 1.165) is 15.5 Å². The van der Waals surface area contributed by atoms with Crippen LogP contribution in [0.15, 0.2) is 27.1 Å². The van der Waals surface area contributed by atoms with Crippen LogP contribution >= 0.6 is 31.9 Å².